The Labute approximate surface area is 81.7 Å². The molecule has 4 heteroatoms. The van der Waals surface area contributed by atoms with Crippen molar-refractivity contribution in [1.29, 1.82) is 0 Å². The van der Waals surface area contributed by atoms with Crippen LogP contribution in [0.25, 0.3) is 0 Å². The summed E-state index contributed by atoms with van der Waals surface area (Å²) in [5.74, 6) is -0.0600. The maximum Gasteiger partial charge on any atom is 0.246 e. The summed E-state index contributed by atoms with van der Waals surface area (Å²) < 4.78 is 4.96. The Bertz CT molecular complexity index is 246. The highest BCUT2D eigenvalue weighted by atomic mass is 32.1. The predicted octanol–water partition coefficient (Wildman–Crippen LogP) is 1.40. The van der Waals surface area contributed by atoms with Crippen molar-refractivity contribution in [3.8, 4) is 0 Å². The number of rotatable bonds is 5. The Morgan fingerprint density at radius 3 is 3.15 bits per heavy atom. The molecule has 13 heavy (non-hydrogen) atoms. The fourth-order valence-electron chi connectivity index (χ4n) is 0.845. The van der Waals surface area contributed by atoms with Crippen LogP contribution in [0.3, 0.4) is 0 Å². The maximum atomic E-state index is 11.1. The van der Waals surface area contributed by atoms with Crippen molar-refractivity contribution < 1.29 is 9.53 Å². The lowest BCUT2D eigenvalue weighted by atomic mass is 10.4. The van der Waals surface area contributed by atoms with E-state index in [9.17, 15) is 4.79 Å². The smallest absolute Gasteiger partial charge is 0.246 e. The van der Waals surface area contributed by atoms with Crippen molar-refractivity contribution >= 4 is 17.2 Å². The van der Waals surface area contributed by atoms with Crippen molar-refractivity contribution in [2.75, 3.05) is 13.2 Å². The Morgan fingerprint density at radius 1 is 1.69 bits per heavy atom. The van der Waals surface area contributed by atoms with E-state index in [2.05, 4.69) is 5.32 Å². The summed E-state index contributed by atoms with van der Waals surface area (Å²) in [5, 5.41) is 4.76. The van der Waals surface area contributed by atoms with Crippen LogP contribution < -0.4 is 5.32 Å². The molecule has 0 spiro atoms. The van der Waals surface area contributed by atoms with Gasteiger partial charge in [0, 0.05) is 11.5 Å². The highest BCUT2D eigenvalue weighted by Crippen LogP contribution is 2.06. The quantitative estimate of drug-likeness (QED) is 0.778. The molecule has 1 aromatic rings. The number of amides is 1. The molecule has 1 rings (SSSR count). The van der Waals surface area contributed by atoms with Crippen LogP contribution in [0.5, 0.6) is 0 Å². The molecule has 0 aliphatic carbocycles. The van der Waals surface area contributed by atoms with Crippen LogP contribution in [0.4, 0.5) is 0 Å². The average Bonchev–Trinajstić information content (AvgIpc) is 2.64. The minimum atomic E-state index is -0.0600. The lowest BCUT2D eigenvalue weighted by Crippen LogP contribution is -2.26. The van der Waals surface area contributed by atoms with Crippen LogP contribution >= 0.6 is 11.3 Å². The van der Waals surface area contributed by atoms with Gasteiger partial charge in [-0.25, -0.2) is 0 Å². The van der Waals surface area contributed by atoms with Crippen molar-refractivity contribution in [3.63, 3.8) is 0 Å². The van der Waals surface area contributed by atoms with Gasteiger partial charge in [0.1, 0.15) is 6.61 Å². The molecule has 1 N–H and O–H groups in total. The highest BCUT2D eigenvalue weighted by molar-refractivity contribution is 7.09. The number of ether oxygens (including phenoxy) is 1. The van der Waals surface area contributed by atoms with Crippen molar-refractivity contribution in [2.45, 2.75) is 13.5 Å². The van der Waals surface area contributed by atoms with E-state index < -0.39 is 0 Å². The van der Waals surface area contributed by atoms with Crippen molar-refractivity contribution in [2.24, 2.45) is 0 Å². The van der Waals surface area contributed by atoms with Gasteiger partial charge in [0.15, 0.2) is 0 Å². The Balaban J connectivity index is 2.15. The van der Waals surface area contributed by atoms with Gasteiger partial charge < -0.3 is 10.1 Å². The van der Waals surface area contributed by atoms with E-state index in [1.165, 1.54) is 0 Å². The molecule has 0 aliphatic heterocycles. The second kappa shape index (κ2) is 5.72. The van der Waals surface area contributed by atoms with E-state index in [-0.39, 0.29) is 12.5 Å². The minimum absolute atomic E-state index is 0.0600. The lowest BCUT2D eigenvalue weighted by Gasteiger charge is -2.02. The summed E-state index contributed by atoms with van der Waals surface area (Å²) in [5.41, 5.74) is 0. The summed E-state index contributed by atoms with van der Waals surface area (Å²) in [6, 6.07) is 3.96. The SMILES string of the molecule is CCOCC(=O)NCc1cccs1. The van der Waals surface area contributed by atoms with Gasteiger partial charge in [-0.1, -0.05) is 6.07 Å². The van der Waals surface area contributed by atoms with E-state index in [4.69, 9.17) is 4.74 Å². The molecule has 72 valence electrons. The average molecular weight is 199 g/mol. The van der Waals surface area contributed by atoms with E-state index in [1.54, 1.807) is 11.3 Å². The molecule has 1 amide bonds. The van der Waals surface area contributed by atoms with Crippen LogP contribution in [0, 0.1) is 0 Å². The Kier molecular flexibility index (Phi) is 4.49. The molecule has 0 fully saturated rings. The zero-order valence-corrected chi connectivity index (χ0v) is 8.39. The molecule has 0 saturated carbocycles. The first-order valence-electron chi connectivity index (χ1n) is 4.19. The lowest BCUT2D eigenvalue weighted by molar-refractivity contribution is -0.125. The third-order valence-corrected chi connectivity index (χ3v) is 2.35. The third kappa shape index (κ3) is 4.05. The second-order valence-corrected chi connectivity index (χ2v) is 3.53. The number of carbonyl (C=O) groups is 1. The van der Waals surface area contributed by atoms with Gasteiger partial charge in [-0.05, 0) is 18.4 Å². The monoisotopic (exact) mass is 199 g/mol. The maximum absolute atomic E-state index is 11.1. The molecule has 1 aromatic heterocycles. The molecule has 0 aliphatic rings. The first-order chi connectivity index (χ1) is 6.33. The normalized spacial score (nSPS) is 9.92. The van der Waals surface area contributed by atoms with Crippen molar-refractivity contribution in [1.82, 2.24) is 5.32 Å². The molecule has 0 atom stereocenters. The third-order valence-electron chi connectivity index (χ3n) is 1.48. The summed E-state index contributed by atoms with van der Waals surface area (Å²) >= 11 is 1.63. The fraction of sp³-hybridized carbons (Fsp3) is 0.444. The van der Waals surface area contributed by atoms with Gasteiger partial charge >= 0.3 is 0 Å². The molecule has 1 heterocycles. The number of thiophene rings is 1. The van der Waals surface area contributed by atoms with E-state index in [1.807, 2.05) is 24.4 Å². The fourth-order valence-corrected chi connectivity index (χ4v) is 1.49. The Hall–Kier alpha value is -0.870. The second-order valence-electron chi connectivity index (χ2n) is 2.49. The number of nitrogens with one attached hydrogen (secondary N) is 1. The molecule has 3 nitrogen and oxygen atoms in total. The van der Waals surface area contributed by atoms with Gasteiger partial charge in [-0.2, -0.15) is 0 Å². The summed E-state index contributed by atoms with van der Waals surface area (Å²) in [6.07, 6.45) is 0. The molecule has 0 radical (unpaired) electrons. The van der Waals surface area contributed by atoms with Crippen molar-refractivity contribution in [3.05, 3.63) is 22.4 Å². The standard InChI is InChI=1S/C9H13NO2S/c1-2-12-7-9(11)10-6-8-4-3-5-13-8/h3-5H,2,6-7H2,1H3,(H,10,11). The van der Waals surface area contributed by atoms with Gasteiger partial charge in [0.05, 0.1) is 6.54 Å². The van der Waals surface area contributed by atoms with Gasteiger partial charge in [0.25, 0.3) is 0 Å². The summed E-state index contributed by atoms with van der Waals surface area (Å²) in [7, 11) is 0. The first-order valence-corrected chi connectivity index (χ1v) is 5.07. The number of carbonyl (C=O) groups excluding carboxylic acids is 1. The zero-order valence-electron chi connectivity index (χ0n) is 7.58. The minimum Gasteiger partial charge on any atom is -0.372 e. The number of hydrogen-bond donors (Lipinski definition) is 1. The zero-order chi connectivity index (χ0) is 9.52. The highest BCUT2D eigenvalue weighted by Gasteiger charge is 2.00. The molecule has 0 bridgehead atoms. The first kappa shape index (κ1) is 10.2. The summed E-state index contributed by atoms with van der Waals surface area (Å²) in [4.78, 5) is 12.2. The van der Waals surface area contributed by atoms with Crippen LogP contribution in [-0.2, 0) is 16.1 Å². The van der Waals surface area contributed by atoms with Crippen LogP contribution in [-0.4, -0.2) is 19.1 Å². The molecular weight excluding hydrogens is 186 g/mol. The summed E-state index contributed by atoms with van der Waals surface area (Å²) in [6.45, 7) is 3.20. The largest absolute Gasteiger partial charge is 0.372 e. The van der Waals surface area contributed by atoms with Crippen LogP contribution in [0.15, 0.2) is 17.5 Å². The predicted molar refractivity (Wildman–Crippen MR) is 52.7 cm³/mol. The molecule has 0 saturated heterocycles. The van der Waals surface area contributed by atoms with Gasteiger partial charge in [0.2, 0.25) is 5.91 Å². The van der Waals surface area contributed by atoms with E-state index in [0.717, 1.165) is 4.88 Å². The van der Waals surface area contributed by atoms with Gasteiger partial charge in [-0.3, -0.25) is 4.79 Å². The van der Waals surface area contributed by atoms with Crippen LogP contribution in [0.2, 0.25) is 0 Å². The molecule has 0 aromatic carbocycles. The topological polar surface area (TPSA) is 38.3 Å². The Morgan fingerprint density at radius 2 is 2.54 bits per heavy atom. The number of hydrogen-bond acceptors (Lipinski definition) is 3. The van der Waals surface area contributed by atoms with Crippen LogP contribution in [0.1, 0.15) is 11.8 Å². The van der Waals surface area contributed by atoms with E-state index in [0.29, 0.717) is 13.2 Å². The van der Waals surface area contributed by atoms with E-state index >= 15 is 0 Å². The molecular formula is C9H13NO2S. The van der Waals surface area contributed by atoms with Gasteiger partial charge in [-0.15, -0.1) is 11.3 Å². The molecule has 0 unspecified atom stereocenters.